The SMILES string of the molecule is COc1ccccc1CN(CC1CCCO1)C(=O)c1cc(-c2ccccc2)c(N2CCOCC2)s1. The molecule has 2 aromatic carbocycles. The van der Waals surface area contributed by atoms with Gasteiger partial charge in [-0.05, 0) is 30.5 Å². The Bertz CT molecular complexity index is 1120. The summed E-state index contributed by atoms with van der Waals surface area (Å²) in [4.78, 5) is 19.0. The Morgan fingerprint density at radius 2 is 1.86 bits per heavy atom. The lowest BCUT2D eigenvalue weighted by Gasteiger charge is -2.28. The number of ether oxygens (including phenoxy) is 3. The molecule has 184 valence electrons. The molecule has 6 nitrogen and oxygen atoms in total. The molecule has 1 unspecified atom stereocenters. The third-order valence-corrected chi connectivity index (χ3v) is 7.78. The van der Waals surface area contributed by atoms with Gasteiger partial charge in [0.05, 0.1) is 36.3 Å². The third-order valence-electron chi connectivity index (χ3n) is 6.60. The summed E-state index contributed by atoms with van der Waals surface area (Å²) in [6, 6.07) is 20.3. The highest BCUT2D eigenvalue weighted by Crippen LogP contribution is 2.40. The largest absolute Gasteiger partial charge is 0.496 e. The van der Waals surface area contributed by atoms with Gasteiger partial charge in [0.15, 0.2) is 0 Å². The molecule has 7 heteroatoms. The average Bonchev–Trinajstić information content (AvgIpc) is 3.60. The van der Waals surface area contributed by atoms with Crippen molar-refractivity contribution in [3.05, 3.63) is 71.1 Å². The molecule has 1 aromatic heterocycles. The van der Waals surface area contributed by atoms with Crippen LogP contribution in [-0.4, -0.2) is 63.5 Å². The highest BCUT2D eigenvalue weighted by atomic mass is 32.1. The normalized spacial score (nSPS) is 18.0. The quantitative estimate of drug-likeness (QED) is 0.439. The Labute approximate surface area is 211 Å². The molecule has 0 bridgehead atoms. The van der Waals surface area contributed by atoms with Crippen LogP contribution in [-0.2, 0) is 16.0 Å². The minimum Gasteiger partial charge on any atom is -0.496 e. The zero-order valence-corrected chi connectivity index (χ0v) is 21.0. The van der Waals surface area contributed by atoms with Crippen LogP contribution in [0.3, 0.4) is 0 Å². The zero-order chi connectivity index (χ0) is 24.0. The summed E-state index contributed by atoms with van der Waals surface area (Å²) in [5, 5.41) is 1.14. The molecule has 2 aliphatic heterocycles. The van der Waals surface area contributed by atoms with E-state index in [1.807, 2.05) is 47.4 Å². The second-order valence-electron chi connectivity index (χ2n) is 8.93. The summed E-state index contributed by atoms with van der Waals surface area (Å²) in [7, 11) is 1.67. The number of rotatable bonds is 8. The van der Waals surface area contributed by atoms with Crippen LogP contribution in [0.4, 0.5) is 5.00 Å². The van der Waals surface area contributed by atoms with Gasteiger partial charge in [-0.3, -0.25) is 4.79 Å². The molecule has 2 saturated heterocycles. The smallest absolute Gasteiger partial charge is 0.264 e. The van der Waals surface area contributed by atoms with Crippen LogP contribution in [0.2, 0.25) is 0 Å². The monoisotopic (exact) mass is 492 g/mol. The second kappa shape index (κ2) is 11.2. The van der Waals surface area contributed by atoms with Crippen LogP contribution < -0.4 is 9.64 Å². The molecule has 0 spiro atoms. The fourth-order valence-electron chi connectivity index (χ4n) is 4.76. The standard InChI is InChI=1S/C28H32N2O4S/c1-32-25-12-6-5-10-22(25)19-30(20-23-11-7-15-34-23)27(31)26-18-24(21-8-3-2-4-9-21)28(35-26)29-13-16-33-17-14-29/h2-6,8-10,12,18,23H,7,11,13-17,19-20H2,1H3. The van der Waals surface area contributed by atoms with Gasteiger partial charge < -0.3 is 24.0 Å². The lowest BCUT2D eigenvalue weighted by Crippen LogP contribution is -2.37. The molecule has 5 rings (SSSR count). The van der Waals surface area contributed by atoms with E-state index in [1.54, 1.807) is 18.4 Å². The van der Waals surface area contributed by atoms with Crippen LogP contribution >= 0.6 is 11.3 Å². The van der Waals surface area contributed by atoms with E-state index in [0.717, 1.165) is 64.9 Å². The van der Waals surface area contributed by atoms with Gasteiger partial charge in [-0.2, -0.15) is 0 Å². The lowest BCUT2D eigenvalue weighted by molar-refractivity contribution is 0.0509. The highest BCUT2D eigenvalue weighted by Gasteiger charge is 2.28. The fourth-order valence-corrected chi connectivity index (χ4v) is 5.96. The Morgan fingerprint density at radius 1 is 1.09 bits per heavy atom. The topological polar surface area (TPSA) is 51.2 Å². The number of morpholine rings is 1. The summed E-state index contributed by atoms with van der Waals surface area (Å²) in [5.41, 5.74) is 3.23. The number of benzene rings is 2. The average molecular weight is 493 g/mol. The highest BCUT2D eigenvalue weighted by molar-refractivity contribution is 7.18. The molecular formula is C28H32N2O4S. The van der Waals surface area contributed by atoms with Gasteiger partial charge in [-0.25, -0.2) is 0 Å². The first-order valence-electron chi connectivity index (χ1n) is 12.3. The van der Waals surface area contributed by atoms with Gasteiger partial charge in [0.2, 0.25) is 0 Å². The maximum atomic E-state index is 14.0. The predicted molar refractivity (Wildman–Crippen MR) is 139 cm³/mol. The maximum Gasteiger partial charge on any atom is 0.264 e. The van der Waals surface area contributed by atoms with E-state index in [9.17, 15) is 4.79 Å². The maximum absolute atomic E-state index is 14.0. The van der Waals surface area contributed by atoms with Gasteiger partial charge >= 0.3 is 0 Å². The summed E-state index contributed by atoms with van der Waals surface area (Å²) < 4.78 is 17.1. The summed E-state index contributed by atoms with van der Waals surface area (Å²) in [5.74, 6) is 0.830. The first-order chi connectivity index (χ1) is 17.2. The molecule has 0 aliphatic carbocycles. The summed E-state index contributed by atoms with van der Waals surface area (Å²) >= 11 is 1.58. The number of amides is 1. The second-order valence-corrected chi connectivity index (χ2v) is 9.96. The molecule has 2 aliphatic rings. The number of anilines is 1. The van der Waals surface area contributed by atoms with Crippen LogP contribution in [0.1, 0.15) is 28.1 Å². The van der Waals surface area contributed by atoms with Gasteiger partial charge in [-0.1, -0.05) is 48.5 Å². The van der Waals surface area contributed by atoms with E-state index in [-0.39, 0.29) is 12.0 Å². The van der Waals surface area contributed by atoms with Crippen LogP contribution in [0.15, 0.2) is 60.7 Å². The van der Waals surface area contributed by atoms with Gasteiger partial charge in [0.1, 0.15) is 5.75 Å². The Hall–Kier alpha value is -2.87. The molecule has 0 saturated carbocycles. The van der Waals surface area contributed by atoms with Crippen LogP contribution in [0, 0.1) is 0 Å². The van der Waals surface area contributed by atoms with Gasteiger partial charge in [0.25, 0.3) is 5.91 Å². The minimum absolute atomic E-state index is 0.0353. The number of nitrogens with zero attached hydrogens (tertiary/aromatic N) is 2. The number of hydrogen-bond acceptors (Lipinski definition) is 6. The van der Waals surface area contributed by atoms with E-state index in [1.165, 1.54) is 0 Å². The number of carbonyl (C=O) groups excluding carboxylic acids is 1. The number of para-hydroxylation sites is 1. The van der Waals surface area contributed by atoms with E-state index in [0.29, 0.717) is 26.3 Å². The van der Waals surface area contributed by atoms with Crippen molar-refractivity contribution < 1.29 is 19.0 Å². The minimum atomic E-state index is 0.0353. The first kappa shape index (κ1) is 23.9. The van der Waals surface area contributed by atoms with E-state index < -0.39 is 0 Å². The van der Waals surface area contributed by atoms with Crippen LogP contribution in [0.25, 0.3) is 11.1 Å². The molecule has 1 amide bonds. The fraction of sp³-hybridized carbons (Fsp3) is 0.393. The molecule has 1 atom stereocenters. The first-order valence-corrected chi connectivity index (χ1v) is 13.1. The lowest BCUT2D eigenvalue weighted by atomic mass is 10.1. The Balaban J connectivity index is 1.48. The van der Waals surface area contributed by atoms with Crippen molar-refractivity contribution >= 4 is 22.2 Å². The van der Waals surface area contributed by atoms with Crippen molar-refractivity contribution in [1.82, 2.24) is 4.90 Å². The zero-order valence-electron chi connectivity index (χ0n) is 20.2. The molecule has 0 N–H and O–H groups in total. The molecule has 0 radical (unpaired) electrons. The van der Waals surface area contributed by atoms with E-state index >= 15 is 0 Å². The third kappa shape index (κ3) is 5.53. The summed E-state index contributed by atoms with van der Waals surface area (Å²) in [6.07, 6.45) is 2.09. The number of carbonyl (C=O) groups is 1. The van der Waals surface area contributed by atoms with Crippen molar-refractivity contribution in [1.29, 1.82) is 0 Å². The number of methoxy groups -OCH3 is 1. The number of hydrogen-bond donors (Lipinski definition) is 0. The molecule has 2 fully saturated rings. The molecule has 3 aromatic rings. The van der Waals surface area contributed by atoms with E-state index in [4.69, 9.17) is 14.2 Å². The van der Waals surface area contributed by atoms with Crippen molar-refractivity contribution in [2.75, 3.05) is 51.5 Å². The summed E-state index contributed by atoms with van der Waals surface area (Å²) in [6.45, 7) is 4.88. The number of thiophene rings is 1. The van der Waals surface area contributed by atoms with Crippen molar-refractivity contribution in [2.45, 2.75) is 25.5 Å². The Morgan fingerprint density at radius 3 is 2.60 bits per heavy atom. The van der Waals surface area contributed by atoms with E-state index in [2.05, 4.69) is 23.1 Å². The molecule has 3 heterocycles. The van der Waals surface area contributed by atoms with Gasteiger partial charge in [-0.15, -0.1) is 11.3 Å². The van der Waals surface area contributed by atoms with Gasteiger partial charge in [0, 0.05) is 43.9 Å². The van der Waals surface area contributed by atoms with Crippen molar-refractivity contribution in [2.24, 2.45) is 0 Å². The van der Waals surface area contributed by atoms with Crippen molar-refractivity contribution in [3.63, 3.8) is 0 Å². The predicted octanol–water partition coefficient (Wildman–Crippen LogP) is 5.08. The van der Waals surface area contributed by atoms with Crippen LogP contribution in [0.5, 0.6) is 5.75 Å². The van der Waals surface area contributed by atoms with Crippen molar-refractivity contribution in [3.8, 4) is 16.9 Å². The Kier molecular flexibility index (Phi) is 7.66. The molecular weight excluding hydrogens is 460 g/mol. The molecule has 35 heavy (non-hydrogen) atoms.